The molecule has 0 radical (unpaired) electrons. The van der Waals surface area contributed by atoms with E-state index in [4.69, 9.17) is 5.73 Å². The smallest absolute Gasteiger partial charge is 0.0405 e. The zero-order valence-electron chi connectivity index (χ0n) is 8.79. The molecule has 0 aliphatic heterocycles. The Morgan fingerprint density at radius 2 is 2.14 bits per heavy atom. The van der Waals surface area contributed by atoms with E-state index in [0.29, 0.717) is 0 Å². The maximum Gasteiger partial charge on any atom is 0.0405 e. The standard InChI is InChI=1S/C12H18N2/c1-10-11(5-4-8-14-10)9-12(13)6-2-3-7-12/h4-5,8H,2-3,6-7,9,13H2,1H3. The molecule has 1 heterocycles. The third kappa shape index (κ3) is 1.95. The first-order chi connectivity index (χ1) is 6.70. The highest BCUT2D eigenvalue weighted by atomic mass is 14.8. The van der Waals surface area contributed by atoms with Crippen LogP contribution in [0, 0.1) is 6.92 Å². The van der Waals surface area contributed by atoms with Gasteiger partial charge >= 0.3 is 0 Å². The molecule has 14 heavy (non-hydrogen) atoms. The fourth-order valence-electron chi connectivity index (χ4n) is 2.34. The topological polar surface area (TPSA) is 38.9 Å². The van der Waals surface area contributed by atoms with Crippen molar-refractivity contribution in [3.8, 4) is 0 Å². The SMILES string of the molecule is Cc1ncccc1CC1(N)CCCC1. The van der Waals surface area contributed by atoms with E-state index in [2.05, 4.69) is 18.0 Å². The number of aryl methyl sites for hydroxylation is 1. The molecule has 2 N–H and O–H groups in total. The van der Waals surface area contributed by atoms with E-state index in [1.807, 2.05) is 12.3 Å². The molecular formula is C12H18N2. The van der Waals surface area contributed by atoms with Gasteiger partial charge in [0.1, 0.15) is 0 Å². The Balaban J connectivity index is 2.14. The highest BCUT2D eigenvalue weighted by molar-refractivity contribution is 5.21. The maximum atomic E-state index is 6.33. The minimum Gasteiger partial charge on any atom is -0.325 e. The fourth-order valence-corrected chi connectivity index (χ4v) is 2.34. The molecule has 76 valence electrons. The molecule has 1 fully saturated rings. The lowest BCUT2D eigenvalue weighted by Gasteiger charge is -2.24. The summed E-state index contributed by atoms with van der Waals surface area (Å²) >= 11 is 0. The molecule has 0 amide bonds. The molecule has 0 spiro atoms. The molecule has 2 heteroatoms. The molecule has 0 bridgehead atoms. The number of nitrogens with two attached hydrogens (primary N) is 1. The number of rotatable bonds is 2. The van der Waals surface area contributed by atoms with Crippen LogP contribution in [0.25, 0.3) is 0 Å². The molecule has 0 atom stereocenters. The molecule has 2 rings (SSSR count). The van der Waals surface area contributed by atoms with E-state index in [-0.39, 0.29) is 5.54 Å². The van der Waals surface area contributed by atoms with E-state index in [1.54, 1.807) is 0 Å². The summed E-state index contributed by atoms with van der Waals surface area (Å²) in [5.41, 5.74) is 8.83. The van der Waals surface area contributed by atoms with Crippen LogP contribution in [0.15, 0.2) is 18.3 Å². The largest absolute Gasteiger partial charge is 0.325 e. The number of aromatic nitrogens is 1. The van der Waals surface area contributed by atoms with Crippen molar-refractivity contribution in [2.24, 2.45) is 5.73 Å². The number of hydrogen-bond donors (Lipinski definition) is 1. The van der Waals surface area contributed by atoms with E-state index >= 15 is 0 Å². The predicted octanol–water partition coefficient (Wildman–Crippen LogP) is 2.20. The first-order valence-electron chi connectivity index (χ1n) is 5.39. The van der Waals surface area contributed by atoms with Crippen molar-refractivity contribution in [1.29, 1.82) is 0 Å². The van der Waals surface area contributed by atoms with Gasteiger partial charge in [0, 0.05) is 17.4 Å². The average molecular weight is 190 g/mol. The molecule has 1 aliphatic carbocycles. The van der Waals surface area contributed by atoms with Crippen molar-refractivity contribution in [3.63, 3.8) is 0 Å². The summed E-state index contributed by atoms with van der Waals surface area (Å²) in [5, 5.41) is 0. The molecule has 1 aliphatic rings. The van der Waals surface area contributed by atoms with Gasteiger partial charge in [-0.15, -0.1) is 0 Å². The van der Waals surface area contributed by atoms with Gasteiger partial charge in [-0.05, 0) is 37.8 Å². The normalized spacial score (nSPS) is 19.9. The monoisotopic (exact) mass is 190 g/mol. The van der Waals surface area contributed by atoms with Gasteiger partial charge in [-0.1, -0.05) is 18.9 Å². The number of pyridine rings is 1. The first kappa shape index (κ1) is 9.66. The van der Waals surface area contributed by atoms with Crippen molar-refractivity contribution < 1.29 is 0 Å². The average Bonchev–Trinajstić information content (AvgIpc) is 2.57. The lowest BCUT2D eigenvalue weighted by Crippen LogP contribution is -2.38. The van der Waals surface area contributed by atoms with Crippen molar-refractivity contribution in [1.82, 2.24) is 4.98 Å². The molecular weight excluding hydrogens is 172 g/mol. The Bertz CT molecular complexity index is 314. The Kier molecular flexibility index (Phi) is 2.55. The Labute approximate surface area is 85.5 Å². The lowest BCUT2D eigenvalue weighted by molar-refractivity contribution is 0.435. The van der Waals surface area contributed by atoms with Gasteiger partial charge in [0.15, 0.2) is 0 Å². The summed E-state index contributed by atoms with van der Waals surface area (Å²) in [6.45, 7) is 2.06. The van der Waals surface area contributed by atoms with Crippen LogP contribution in [-0.4, -0.2) is 10.5 Å². The van der Waals surface area contributed by atoms with Crippen LogP contribution in [-0.2, 0) is 6.42 Å². The van der Waals surface area contributed by atoms with Crippen LogP contribution in [0.1, 0.15) is 36.9 Å². The van der Waals surface area contributed by atoms with Gasteiger partial charge < -0.3 is 5.73 Å². The number of nitrogens with zero attached hydrogens (tertiary/aromatic N) is 1. The van der Waals surface area contributed by atoms with Gasteiger partial charge in [0.05, 0.1) is 0 Å². The summed E-state index contributed by atoms with van der Waals surface area (Å²) < 4.78 is 0. The lowest BCUT2D eigenvalue weighted by atomic mass is 9.90. The molecule has 1 aromatic heterocycles. The van der Waals surface area contributed by atoms with Gasteiger partial charge in [0.2, 0.25) is 0 Å². The molecule has 0 unspecified atom stereocenters. The molecule has 0 aromatic carbocycles. The zero-order valence-corrected chi connectivity index (χ0v) is 8.79. The van der Waals surface area contributed by atoms with E-state index in [0.717, 1.165) is 12.1 Å². The van der Waals surface area contributed by atoms with Crippen LogP contribution in [0.2, 0.25) is 0 Å². The summed E-state index contributed by atoms with van der Waals surface area (Å²) in [4.78, 5) is 4.30. The molecule has 2 nitrogen and oxygen atoms in total. The van der Waals surface area contributed by atoms with E-state index in [1.165, 1.54) is 31.2 Å². The second kappa shape index (κ2) is 3.70. The van der Waals surface area contributed by atoms with Crippen molar-refractivity contribution in [2.75, 3.05) is 0 Å². The van der Waals surface area contributed by atoms with Crippen molar-refractivity contribution >= 4 is 0 Å². The van der Waals surface area contributed by atoms with Gasteiger partial charge in [0.25, 0.3) is 0 Å². The third-order valence-corrected chi connectivity index (χ3v) is 3.26. The Morgan fingerprint density at radius 3 is 2.79 bits per heavy atom. The van der Waals surface area contributed by atoms with Crippen LogP contribution < -0.4 is 5.73 Å². The Hall–Kier alpha value is -0.890. The summed E-state index contributed by atoms with van der Waals surface area (Å²) in [7, 11) is 0. The summed E-state index contributed by atoms with van der Waals surface area (Å²) in [5.74, 6) is 0. The molecule has 1 aromatic rings. The van der Waals surface area contributed by atoms with Crippen LogP contribution in [0.5, 0.6) is 0 Å². The zero-order chi connectivity index (χ0) is 10.0. The van der Waals surface area contributed by atoms with Crippen LogP contribution >= 0.6 is 0 Å². The highest BCUT2D eigenvalue weighted by Crippen LogP contribution is 2.30. The summed E-state index contributed by atoms with van der Waals surface area (Å²) in [6, 6.07) is 4.15. The first-order valence-corrected chi connectivity index (χ1v) is 5.39. The van der Waals surface area contributed by atoms with Gasteiger partial charge in [-0.25, -0.2) is 0 Å². The van der Waals surface area contributed by atoms with Crippen LogP contribution in [0.4, 0.5) is 0 Å². The van der Waals surface area contributed by atoms with Crippen molar-refractivity contribution in [3.05, 3.63) is 29.6 Å². The van der Waals surface area contributed by atoms with Gasteiger partial charge in [-0.3, -0.25) is 4.98 Å². The Morgan fingerprint density at radius 1 is 1.43 bits per heavy atom. The van der Waals surface area contributed by atoms with Crippen LogP contribution in [0.3, 0.4) is 0 Å². The second-order valence-corrected chi connectivity index (χ2v) is 4.49. The fraction of sp³-hybridized carbons (Fsp3) is 0.583. The minimum absolute atomic E-state index is 0.0494. The number of hydrogen-bond acceptors (Lipinski definition) is 2. The van der Waals surface area contributed by atoms with E-state index < -0.39 is 0 Å². The minimum atomic E-state index is 0.0494. The molecule has 0 saturated heterocycles. The predicted molar refractivity (Wildman–Crippen MR) is 58.1 cm³/mol. The molecule has 1 saturated carbocycles. The quantitative estimate of drug-likeness (QED) is 0.776. The van der Waals surface area contributed by atoms with E-state index in [9.17, 15) is 0 Å². The third-order valence-electron chi connectivity index (χ3n) is 3.26. The highest BCUT2D eigenvalue weighted by Gasteiger charge is 2.29. The second-order valence-electron chi connectivity index (χ2n) is 4.49. The summed E-state index contributed by atoms with van der Waals surface area (Å²) in [6.07, 6.45) is 7.75. The maximum absolute atomic E-state index is 6.33. The van der Waals surface area contributed by atoms with Crippen molar-refractivity contribution in [2.45, 2.75) is 44.6 Å². The van der Waals surface area contributed by atoms with Gasteiger partial charge in [-0.2, -0.15) is 0 Å².